The highest BCUT2D eigenvalue weighted by Crippen LogP contribution is 2.27. The summed E-state index contributed by atoms with van der Waals surface area (Å²) in [5, 5.41) is 19.7. The number of nitro benzene ring substituents is 1. The lowest BCUT2D eigenvalue weighted by molar-refractivity contribution is -0.385. The van der Waals surface area contributed by atoms with E-state index < -0.39 is 22.7 Å². The van der Waals surface area contributed by atoms with Crippen LogP contribution in [0.1, 0.15) is 10.4 Å². The number of nitrogens with zero attached hydrogens (tertiary/aromatic N) is 2. The molecule has 0 unspecified atom stereocenters. The van der Waals surface area contributed by atoms with Gasteiger partial charge in [-0.3, -0.25) is 19.7 Å². The first-order chi connectivity index (χ1) is 8.90. The van der Waals surface area contributed by atoms with Crippen molar-refractivity contribution in [2.24, 2.45) is 5.92 Å². The fourth-order valence-electron chi connectivity index (χ4n) is 1.81. The van der Waals surface area contributed by atoms with Gasteiger partial charge in [-0.25, -0.2) is 0 Å². The largest absolute Gasteiger partial charge is 0.481 e. The highest BCUT2D eigenvalue weighted by Gasteiger charge is 2.37. The number of likely N-dealkylation sites (tertiary alicyclic amines) is 1. The Labute approximate surface area is 112 Å². The molecule has 1 saturated heterocycles. The molecule has 1 fully saturated rings. The van der Waals surface area contributed by atoms with E-state index in [-0.39, 0.29) is 29.4 Å². The van der Waals surface area contributed by atoms with Crippen LogP contribution in [0.3, 0.4) is 0 Å². The van der Waals surface area contributed by atoms with E-state index in [1.165, 1.54) is 17.0 Å². The summed E-state index contributed by atoms with van der Waals surface area (Å²) in [4.78, 5) is 34.1. The van der Waals surface area contributed by atoms with E-state index in [1.54, 1.807) is 0 Å². The molecule has 0 radical (unpaired) electrons. The molecule has 0 saturated carbocycles. The first-order valence-corrected chi connectivity index (χ1v) is 5.74. The molecule has 1 aromatic rings. The van der Waals surface area contributed by atoms with Gasteiger partial charge < -0.3 is 10.0 Å². The van der Waals surface area contributed by atoms with Crippen LogP contribution >= 0.6 is 11.6 Å². The number of aliphatic carboxylic acids is 1. The van der Waals surface area contributed by atoms with Crippen LogP contribution in [-0.2, 0) is 4.79 Å². The summed E-state index contributed by atoms with van der Waals surface area (Å²) in [6.45, 7) is 0.127. The van der Waals surface area contributed by atoms with E-state index in [4.69, 9.17) is 16.7 Å². The lowest BCUT2D eigenvalue weighted by Crippen LogP contribution is -2.53. The van der Waals surface area contributed by atoms with Crippen molar-refractivity contribution in [2.45, 2.75) is 0 Å². The smallest absolute Gasteiger partial charge is 0.310 e. The van der Waals surface area contributed by atoms with Crippen LogP contribution in [0.4, 0.5) is 5.69 Å². The lowest BCUT2D eigenvalue weighted by atomic mass is 9.99. The van der Waals surface area contributed by atoms with E-state index in [1.807, 2.05) is 0 Å². The number of hydrogen-bond acceptors (Lipinski definition) is 4. The molecule has 0 atom stereocenters. The number of carboxylic acid groups (broad SMARTS) is 1. The zero-order valence-electron chi connectivity index (χ0n) is 9.58. The molecule has 8 heteroatoms. The van der Waals surface area contributed by atoms with Crippen molar-refractivity contribution in [1.82, 2.24) is 4.90 Å². The number of rotatable bonds is 3. The fourth-order valence-corrected chi connectivity index (χ4v) is 1.97. The van der Waals surface area contributed by atoms with Gasteiger partial charge in [-0.05, 0) is 12.1 Å². The molecule has 2 rings (SSSR count). The van der Waals surface area contributed by atoms with E-state index in [0.29, 0.717) is 0 Å². The average molecular weight is 285 g/mol. The summed E-state index contributed by atoms with van der Waals surface area (Å²) in [7, 11) is 0. The molecular formula is C11H9ClN2O5. The van der Waals surface area contributed by atoms with E-state index in [2.05, 4.69) is 0 Å². The van der Waals surface area contributed by atoms with Gasteiger partial charge in [0.25, 0.3) is 11.6 Å². The van der Waals surface area contributed by atoms with Gasteiger partial charge in [-0.2, -0.15) is 0 Å². The monoisotopic (exact) mass is 284 g/mol. The lowest BCUT2D eigenvalue weighted by Gasteiger charge is -2.36. The molecule has 1 amide bonds. The molecule has 1 aromatic carbocycles. The Balaban J connectivity index is 2.21. The summed E-state index contributed by atoms with van der Waals surface area (Å²) in [6, 6.07) is 3.76. The Hall–Kier alpha value is -2.15. The molecule has 1 aliphatic heterocycles. The highest BCUT2D eigenvalue weighted by molar-refractivity contribution is 6.31. The minimum atomic E-state index is -0.977. The van der Waals surface area contributed by atoms with Crippen molar-refractivity contribution in [3.8, 4) is 0 Å². The van der Waals surface area contributed by atoms with Crippen LogP contribution < -0.4 is 0 Å². The standard InChI is InChI=1S/C11H9ClN2O5/c12-7-1-2-8(9(3-7)14(18)19)10(15)13-4-6(5-13)11(16)17/h1-3,6H,4-5H2,(H,16,17). The maximum absolute atomic E-state index is 12.0. The van der Waals surface area contributed by atoms with Crippen LogP contribution in [0.25, 0.3) is 0 Å². The van der Waals surface area contributed by atoms with Crippen LogP contribution in [0, 0.1) is 16.0 Å². The zero-order valence-corrected chi connectivity index (χ0v) is 10.3. The second kappa shape index (κ2) is 4.85. The van der Waals surface area contributed by atoms with Gasteiger partial charge in [0.05, 0.1) is 10.8 Å². The van der Waals surface area contributed by atoms with Gasteiger partial charge >= 0.3 is 5.97 Å². The quantitative estimate of drug-likeness (QED) is 0.668. The molecule has 0 bridgehead atoms. The third kappa shape index (κ3) is 2.50. The summed E-state index contributed by atoms with van der Waals surface area (Å²) < 4.78 is 0. The number of nitro groups is 1. The minimum absolute atomic E-state index is 0.0634. The second-order valence-electron chi connectivity index (χ2n) is 4.16. The molecule has 100 valence electrons. The van der Waals surface area contributed by atoms with Crippen molar-refractivity contribution < 1.29 is 19.6 Å². The average Bonchev–Trinajstić information content (AvgIpc) is 2.25. The van der Waals surface area contributed by atoms with Gasteiger partial charge in [0.15, 0.2) is 0 Å². The van der Waals surface area contributed by atoms with Crippen molar-refractivity contribution in [2.75, 3.05) is 13.1 Å². The Morgan fingerprint density at radius 2 is 2.05 bits per heavy atom. The maximum Gasteiger partial charge on any atom is 0.310 e. The number of hydrogen-bond donors (Lipinski definition) is 1. The van der Waals surface area contributed by atoms with Crippen molar-refractivity contribution in [1.29, 1.82) is 0 Å². The Kier molecular flexibility index (Phi) is 3.39. The molecule has 19 heavy (non-hydrogen) atoms. The molecule has 1 N–H and O–H groups in total. The minimum Gasteiger partial charge on any atom is -0.481 e. The number of carboxylic acids is 1. The van der Waals surface area contributed by atoms with E-state index in [0.717, 1.165) is 6.07 Å². The summed E-state index contributed by atoms with van der Waals surface area (Å²) in [5.41, 5.74) is -0.463. The Morgan fingerprint density at radius 3 is 2.58 bits per heavy atom. The number of carbonyl (C=O) groups excluding carboxylic acids is 1. The number of amides is 1. The first-order valence-electron chi connectivity index (χ1n) is 5.36. The van der Waals surface area contributed by atoms with E-state index in [9.17, 15) is 19.7 Å². The van der Waals surface area contributed by atoms with Crippen LogP contribution in [0.2, 0.25) is 5.02 Å². The maximum atomic E-state index is 12.0. The van der Waals surface area contributed by atoms with Crippen LogP contribution in [0.15, 0.2) is 18.2 Å². The normalized spacial score (nSPS) is 14.9. The molecule has 1 heterocycles. The second-order valence-corrected chi connectivity index (χ2v) is 4.60. The van der Waals surface area contributed by atoms with E-state index >= 15 is 0 Å². The summed E-state index contributed by atoms with van der Waals surface area (Å²) in [6.07, 6.45) is 0. The van der Waals surface area contributed by atoms with Crippen molar-refractivity contribution >= 4 is 29.2 Å². The topological polar surface area (TPSA) is 101 Å². The predicted octanol–water partition coefficient (Wildman–Crippen LogP) is 1.40. The molecule has 0 aliphatic carbocycles. The first kappa shape index (κ1) is 13.3. The van der Waals surface area contributed by atoms with Crippen LogP contribution in [-0.4, -0.2) is 39.9 Å². The fraction of sp³-hybridized carbons (Fsp3) is 0.273. The molecule has 0 spiro atoms. The Bertz CT molecular complexity index is 568. The van der Waals surface area contributed by atoms with Gasteiger partial charge in [-0.1, -0.05) is 11.6 Å². The van der Waals surface area contributed by atoms with Gasteiger partial charge in [-0.15, -0.1) is 0 Å². The van der Waals surface area contributed by atoms with Gasteiger partial charge in [0.1, 0.15) is 5.56 Å². The Morgan fingerprint density at radius 1 is 1.42 bits per heavy atom. The number of benzene rings is 1. The summed E-state index contributed by atoms with van der Waals surface area (Å²) >= 11 is 5.65. The zero-order chi connectivity index (χ0) is 14.2. The number of halogens is 1. The van der Waals surface area contributed by atoms with Gasteiger partial charge in [0.2, 0.25) is 0 Å². The third-order valence-corrected chi connectivity index (χ3v) is 3.14. The molecular weight excluding hydrogens is 276 g/mol. The highest BCUT2D eigenvalue weighted by atomic mass is 35.5. The third-order valence-electron chi connectivity index (χ3n) is 2.90. The predicted molar refractivity (Wildman–Crippen MR) is 65.1 cm³/mol. The van der Waals surface area contributed by atoms with Gasteiger partial charge in [0, 0.05) is 24.2 Å². The van der Waals surface area contributed by atoms with Crippen molar-refractivity contribution in [3.63, 3.8) is 0 Å². The molecule has 7 nitrogen and oxygen atoms in total. The number of carbonyl (C=O) groups is 2. The van der Waals surface area contributed by atoms with Crippen LogP contribution in [0.5, 0.6) is 0 Å². The SMILES string of the molecule is O=C(O)C1CN(C(=O)c2ccc(Cl)cc2[N+](=O)[O-])C1. The summed E-state index contributed by atoms with van der Waals surface area (Å²) in [5.74, 6) is -2.13. The molecule has 0 aromatic heterocycles. The van der Waals surface area contributed by atoms with Crippen molar-refractivity contribution in [3.05, 3.63) is 38.9 Å². The molecule has 1 aliphatic rings.